The molecule has 2 aliphatic rings. The SMILES string of the molecule is O=C(CN1CC=C(c2ccc(F)cc2)CC1)Nc1ccc2c(c1)Cc1c-2[nH]c(=O)c2ccccc12. The molecule has 1 aromatic heterocycles. The average Bonchev–Trinajstić information content (AvgIpc) is 3.23. The third kappa shape index (κ3) is 4.06. The number of nitrogens with one attached hydrogen (secondary N) is 2. The van der Waals surface area contributed by atoms with E-state index in [2.05, 4.69) is 21.3 Å². The highest BCUT2D eigenvalue weighted by molar-refractivity contribution is 5.95. The number of hydrogen-bond acceptors (Lipinski definition) is 3. The third-order valence-electron chi connectivity index (χ3n) is 6.94. The van der Waals surface area contributed by atoms with E-state index in [9.17, 15) is 14.0 Å². The fourth-order valence-corrected chi connectivity index (χ4v) is 5.19. The molecule has 0 spiro atoms. The Bertz CT molecular complexity index is 1550. The van der Waals surface area contributed by atoms with E-state index >= 15 is 0 Å². The zero-order chi connectivity index (χ0) is 23.9. The molecule has 0 radical (unpaired) electrons. The molecule has 0 fully saturated rings. The Morgan fingerprint density at radius 2 is 1.83 bits per heavy atom. The van der Waals surface area contributed by atoms with Crippen molar-refractivity contribution in [1.29, 1.82) is 0 Å². The summed E-state index contributed by atoms with van der Waals surface area (Å²) in [6.45, 7) is 1.76. The van der Waals surface area contributed by atoms with Crippen LogP contribution in [-0.4, -0.2) is 35.4 Å². The van der Waals surface area contributed by atoms with Gasteiger partial charge in [-0.1, -0.05) is 42.5 Å². The summed E-state index contributed by atoms with van der Waals surface area (Å²) in [6.07, 6.45) is 3.65. The van der Waals surface area contributed by atoms with Gasteiger partial charge in [0.05, 0.1) is 12.2 Å². The Balaban J connectivity index is 1.13. The van der Waals surface area contributed by atoms with Crippen molar-refractivity contribution in [1.82, 2.24) is 9.88 Å². The van der Waals surface area contributed by atoms with Gasteiger partial charge >= 0.3 is 0 Å². The molecule has 5 nitrogen and oxygen atoms in total. The van der Waals surface area contributed by atoms with Crippen LogP contribution in [0.4, 0.5) is 10.1 Å². The minimum Gasteiger partial charge on any atom is -0.325 e. The van der Waals surface area contributed by atoms with Gasteiger partial charge in [0.1, 0.15) is 5.82 Å². The van der Waals surface area contributed by atoms with Crippen molar-refractivity contribution in [3.8, 4) is 11.3 Å². The van der Waals surface area contributed by atoms with Crippen LogP contribution >= 0.6 is 0 Å². The molecule has 2 N–H and O–H groups in total. The van der Waals surface area contributed by atoms with Crippen LogP contribution < -0.4 is 10.9 Å². The summed E-state index contributed by atoms with van der Waals surface area (Å²) in [4.78, 5) is 30.4. The minimum absolute atomic E-state index is 0.0575. The molecule has 0 saturated carbocycles. The average molecular weight is 466 g/mol. The summed E-state index contributed by atoms with van der Waals surface area (Å²) >= 11 is 0. The predicted octanol–water partition coefficient (Wildman–Crippen LogP) is 4.97. The summed E-state index contributed by atoms with van der Waals surface area (Å²) < 4.78 is 13.2. The van der Waals surface area contributed by atoms with E-state index in [-0.39, 0.29) is 17.3 Å². The van der Waals surface area contributed by atoms with E-state index in [1.54, 1.807) is 12.1 Å². The van der Waals surface area contributed by atoms with Gasteiger partial charge in [0.2, 0.25) is 5.91 Å². The van der Waals surface area contributed by atoms with Gasteiger partial charge in [-0.2, -0.15) is 0 Å². The Labute approximate surface area is 201 Å². The van der Waals surface area contributed by atoms with Crippen molar-refractivity contribution in [2.75, 3.05) is 25.0 Å². The Morgan fingerprint density at radius 1 is 1.03 bits per heavy atom. The normalized spacial score (nSPS) is 14.9. The van der Waals surface area contributed by atoms with Crippen molar-refractivity contribution in [3.63, 3.8) is 0 Å². The summed E-state index contributed by atoms with van der Waals surface area (Å²) in [6, 6.07) is 20.1. The van der Waals surface area contributed by atoms with E-state index in [0.29, 0.717) is 18.5 Å². The van der Waals surface area contributed by atoms with E-state index in [0.717, 1.165) is 58.4 Å². The number of rotatable bonds is 4. The highest BCUT2D eigenvalue weighted by Gasteiger charge is 2.23. The molecule has 4 aromatic rings. The summed E-state index contributed by atoms with van der Waals surface area (Å²) in [5, 5.41) is 4.71. The topological polar surface area (TPSA) is 65.2 Å². The second kappa shape index (κ2) is 8.64. The lowest BCUT2D eigenvalue weighted by Crippen LogP contribution is -2.36. The fraction of sp³-hybridized carbons (Fsp3) is 0.172. The van der Waals surface area contributed by atoms with Crippen LogP contribution in [0.25, 0.3) is 27.6 Å². The summed E-state index contributed by atoms with van der Waals surface area (Å²) in [5.41, 5.74) is 6.99. The van der Waals surface area contributed by atoms with Crippen molar-refractivity contribution in [2.45, 2.75) is 12.8 Å². The number of hydrogen-bond donors (Lipinski definition) is 2. The largest absolute Gasteiger partial charge is 0.325 e. The molecule has 3 aromatic carbocycles. The molecule has 0 unspecified atom stereocenters. The second-order valence-corrected chi connectivity index (χ2v) is 9.17. The zero-order valence-electron chi connectivity index (χ0n) is 19.1. The molecule has 0 atom stereocenters. The first-order valence-corrected chi connectivity index (χ1v) is 11.8. The van der Waals surface area contributed by atoms with Gasteiger partial charge < -0.3 is 10.3 Å². The first-order valence-electron chi connectivity index (χ1n) is 11.8. The number of benzene rings is 3. The van der Waals surface area contributed by atoms with Crippen molar-refractivity contribution in [3.05, 3.63) is 106 Å². The molecule has 1 amide bonds. The van der Waals surface area contributed by atoms with Crippen LogP contribution in [0.1, 0.15) is 23.1 Å². The number of carbonyl (C=O) groups excluding carboxylic acids is 1. The Hall–Kier alpha value is -4.03. The van der Waals surface area contributed by atoms with Gasteiger partial charge in [0, 0.05) is 36.1 Å². The van der Waals surface area contributed by atoms with Crippen molar-refractivity contribution >= 4 is 27.9 Å². The van der Waals surface area contributed by atoms with E-state index in [1.165, 1.54) is 17.7 Å². The molecule has 0 bridgehead atoms. The quantitative estimate of drug-likeness (QED) is 0.394. The number of halogens is 1. The molecular weight excluding hydrogens is 441 g/mol. The lowest BCUT2D eigenvalue weighted by molar-refractivity contribution is -0.117. The van der Waals surface area contributed by atoms with Crippen molar-refractivity contribution < 1.29 is 9.18 Å². The maximum atomic E-state index is 13.2. The number of carbonyl (C=O) groups is 1. The van der Waals surface area contributed by atoms with Crippen LogP contribution in [0.3, 0.4) is 0 Å². The first-order chi connectivity index (χ1) is 17.0. The molecule has 1 aliphatic carbocycles. The first kappa shape index (κ1) is 21.5. The Morgan fingerprint density at radius 3 is 2.60 bits per heavy atom. The number of fused-ring (bicyclic) bond motifs is 5. The molecule has 35 heavy (non-hydrogen) atoms. The Kier molecular flexibility index (Phi) is 5.30. The third-order valence-corrected chi connectivity index (χ3v) is 6.94. The number of anilines is 1. The van der Waals surface area contributed by atoms with Gasteiger partial charge in [-0.15, -0.1) is 0 Å². The van der Waals surface area contributed by atoms with Crippen LogP contribution in [0, 0.1) is 5.82 Å². The molecule has 174 valence electrons. The maximum absolute atomic E-state index is 13.2. The molecule has 1 aliphatic heterocycles. The molecule has 0 saturated heterocycles. The second-order valence-electron chi connectivity index (χ2n) is 9.17. The van der Waals surface area contributed by atoms with Crippen LogP contribution in [0.5, 0.6) is 0 Å². The van der Waals surface area contributed by atoms with E-state index < -0.39 is 0 Å². The molecule has 2 heterocycles. The number of amides is 1. The lowest BCUT2D eigenvalue weighted by atomic mass is 9.99. The lowest BCUT2D eigenvalue weighted by Gasteiger charge is -2.26. The van der Waals surface area contributed by atoms with Crippen LogP contribution in [0.15, 0.2) is 77.6 Å². The summed E-state index contributed by atoms with van der Waals surface area (Å²) in [7, 11) is 0. The number of H-pyrrole nitrogens is 1. The fourth-order valence-electron chi connectivity index (χ4n) is 5.19. The van der Waals surface area contributed by atoms with Gasteiger partial charge in [-0.3, -0.25) is 14.5 Å². The number of nitrogens with zero attached hydrogens (tertiary/aromatic N) is 1. The standard InChI is InChI=1S/C29H24FN3O2/c30-21-7-5-18(6-8-21)19-11-13-33(14-12-19)17-27(34)31-22-9-10-23-20(15-22)16-26-24-3-1-2-4-25(24)29(35)32-28(23)26/h1-11,15H,12-14,16-17H2,(H,31,34)(H,32,35). The number of aromatic nitrogens is 1. The zero-order valence-corrected chi connectivity index (χ0v) is 19.1. The monoisotopic (exact) mass is 465 g/mol. The number of aromatic amines is 1. The maximum Gasteiger partial charge on any atom is 0.256 e. The van der Waals surface area contributed by atoms with Crippen molar-refractivity contribution in [2.24, 2.45) is 0 Å². The van der Waals surface area contributed by atoms with E-state index in [4.69, 9.17) is 0 Å². The van der Waals surface area contributed by atoms with Crippen LogP contribution in [-0.2, 0) is 11.2 Å². The van der Waals surface area contributed by atoms with Crippen LogP contribution in [0.2, 0.25) is 0 Å². The van der Waals surface area contributed by atoms with Gasteiger partial charge in [-0.25, -0.2) is 4.39 Å². The smallest absolute Gasteiger partial charge is 0.256 e. The highest BCUT2D eigenvalue weighted by Crippen LogP contribution is 2.38. The predicted molar refractivity (Wildman–Crippen MR) is 137 cm³/mol. The number of pyridine rings is 1. The molecule has 6 rings (SSSR count). The van der Waals surface area contributed by atoms with Gasteiger partial charge in [0.25, 0.3) is 5.56 Å². The van der Waals surface area contributed by atoms with Gasteiger partial charge in [-0.05, 0) is 64.4 Å². The highest BCUT2D eigenvalue weighted by atomic mass is 19.1. The van der Waals surface area contributed by atoms with Gasteiger partial charge in [0.15, 0.2) is 0 Å². The molecule has 6 heteroatoms. The summed E-state index contributed by atoms with van der Waals surface area (Å²) in [5.74, 6) is -0.293. The van der Waals surface area contributed by atoms with E-state index in [1.807, 2.05) is 42.5 Å². The minimum atomic E-state index is -0.236. The molecular formula is C29H24FN3O2.